The number of nitriles is 1. The number of hydrogen-bond acceptors (Lipinski definition) is 2. The van der Waals surface area contributed by atoms with E-state index in [1.54, 1.807) is 0 Å². The second-order valence-corrected chi connectivity index (χ2v) is 2.98. The molecule has 0 radical (unpaired) electrons. The van der Waals surface area contributed by atoms with Gasteiger partial charge in [-0.3, -0.25) is 4.79 Å². The van der Waals surface area contributed by atoms with Crippen LogP contribution in [0.1, 0.15) is 11.5 Å². The predicted molar refractivity (Wildman–Crippen MR) is 45.8 cm³/mol. The lowest BCUT2D eigenvalue weighted by atomic mass is 9.96. The fraction of sp³-hybridized carbons (Fsp3) is 0.200. The number of carbonyl (C=O) groups excluding carboxylic acids is 1. The van der Waals surface area contributed by atoms with Crippen molar-refractivity contribution in [3.05, 3.63) is 35.6 Å². The molecule has 1 aromatic rings. The van der Waals surface area contributed by atoms with Crippen LogP contribution in [0.25, 0.3) is 0 Å². The minimum atomic E-state index is -5.07. The van der Waals surface area contributed by atoms with Crippen LogP contribution in [0.5, 0.6) is 0 Å². The minimum Gasteiger partial charge on any atom is -0.288 e. The standard InChI is InChI=1S/C10H5F4NO/c11-7-3-1-6(2-4-7)8(5-15)9(16)10(12,13)14/h1-4,8H/t8-/m0/s1. The van der Waals surface area contributed by atoms with Gasteiger partial charge < -0.3 is 0 Å². The summed E-state index contributed by atoms with van der Waals surface area (Å²) >= 11 is 0. The van der Waals surface area contributed by atoms with Gasteiger partial charge in [-0.1, -0.05) is 12.1 Å². The van der Waals surface area contributed by atoms with Crippen LogP contribution in [0.2, 0.25) is 0 Å². The lowest BCUT2D eigenvalue weighted by Gasteiger charge is -2.10. The van der Waals surface area contributed by atoms with E-state index >= 15 is 0 Å². The monoisotopic (exact) mass is 231 g/mol. The van der Waals surface area contributed by atoms with Crippen LogP contribution in [0.3, 0.4) is 0 Å². The van der Waals surface area contributed by atoms with Crippen LogP contribution in [-0.2, 0) is 4.79 Å². The number of nitrogens with zero attached hydrogens (tertiary/aromatic N) is 1. The van der Waals surface area contributed by atoms with Crippen molar-refractivity contribution < 1.29 is 22.4 Å². The zero-order valence-electron chi connectivity index (χ0n) is 7.75. The van der Waals surface area contributed by atoms with Crippen molar-refractivity contribution in [1.82, 2.24) is 0 Å². The zero-order chi connectivity index (χ0) is 12.3. The lowest BCUT2D eigenvalue weighted by Crippen LogP contribution is -2.28. The molecule has 0 amide bonds. The van der Waals surface area contributed by atoms with Crippen LogP contribution < -0.4 is 0 Å². The van der Waals surface area contributed by atoms with E-state index in [1.807, 2.05) is 0 Å². The number of carbonyl (C=O) groups is 1. The first-order chi connectivity index (χ1) is 7.36. The zero-order valence-corrected chi connectivity index (χ0v) is 7.75. The Morgan fingerprint density at radius 2 is 1.75 bits per heavy atom. The van der Waals surface area contributed by atoms with E-state index in [1.165, 1.54) is 6.07 Å². The minimum absolute atomic E-state index is 0.175. The molecule has 0 saturated carbocycles. The first-order valence-corrected chi connectivity index (χ1v) is 4.12. The Kier molecular flexibility index (Phi) is 3.28. The average molecular weight is 231 g/mol. The molecule has 0 aromatic heterocycles. The molecule has 0 fully saturated rings. The highest BCUT2D eigenvalue weighted by molar-refractivity contribution is 5.92. The Morgan fingerprint density at radius 3 is 2.12 bits per heavy atom. The third kappa shape index (κ3) is 2.57. The Balaban J connectivity index is 3.06. The van der Waals surface area contributed by atoms with Gasteiger partial charge in [-0.15, -0.1) is 0 Å². The van der Waals surface area contributed by atoms with E-state index in [2.05, 4.69) is 0 Å². The van der Waals surface area contributed by atoms with E-state index in [4.69, 9.17) is 5.26 Å². The first kappa shape index (κ1) is 12.2. The molecule has 84 valence electrons. The maximum atomic E-state index is 12.5. The van der Waals surface area contributed by atoms with Gasteiger partial charge in [0.15, 0.2) is 0 Å². The summed E-state index contributed by atoms with van der Waals surface area (Å²) in [6.45, 7) is 0. The summed E-state index contributed by atoms with van der Waals surface area (Å²) < 4.78 is 48.7. The highest BCUT2D eigenvalue weighted by Crippen LogP contribution is 2.27. The van der Waals surface area contributed by atoms with Gasteiger partial charge in [0.05, 0.1) is 6.07 Å². The normalized spacial score (nSPS) is 12.9. The highest BCUT2D eigenvalue weighted by atomic mass is 19.4. The molecule has 0 aliphatic rings. The highest BCUT2D eigenvalue weighted by Gasteiger charge is 2.44. The maximum absolute atomic E-state index is 12.5. The Bertz CT molecular complexity index is 430. The molecule has 16 heavy (non-hydrogen) atoms. The molecular weight excluding hydrogens is 226 g/mol. The van der Waals surface area contributed by atoms with Crippen molar-refractivity contribution in [2.75, 3.05) is 0 Å². The second-order valence-electron chi connectivity index (χ2n) is 2.98. The van der Waals surface area contributed by atoms with Crippen LogP contribution in [0.4, 0.5) is 17.6 Å². The van der Waals surface area contributed by atoms with Gasteiger partial charge in [-0.05, 0) is 17.7 Å². The fourth-order valence-corrected chi connectivity index (χ4v) is 1.10. The fourth-order valence-electron chi connectivity index (χ4n) is 1.10. The Morgan fingerprint density at radius 1 is 1.25 bits per heavy atom. The number of alkyl halides is 3. The third-order valence-electron chi connectivity index (χ3n) is 1.87. The molecule has 1 atom stereocenters. The van der Waals surface area contributed by atoms with E-state index in [-0.39, 0.29) is 5.56 Å². The summed E-state index contributed by atoms with van der Waals surface area (Å²) in [6, 6.07) is 4.99. The van der Waals surface area contributed by atoms with Crippen molar-refractivity contribution in [3.8, 4) is 6.07 Å². The summed E-state index contributed by atoms with van der Waals surface area (Å²) in [5.41, 5.74) is -0.175. The number of hydrogen-bond donors (Lipinski definition) is 0. The second kappa shape index (κ2) is 4.31. The molecule has 0 unspecified atom stereocenters. The molecule has 0 aliphatic carbocycles. The van der Waals surface area contributed by atoms with E-state index in [9.17, 15) is 22.4 Å². The molecule has 6 heteroatoms. The van der Waals surface area contributed by atoms with Gasteiger partial charge >= 0.3 is 6.18 Å². The molecule has 0 aliphatic heterocycles. The smallest absolute Gasteiger partial charge is 0.288 e. The van der Waals surface area contributed by atoms with Gasteiger partial charge in [-0.25, -0.2) is 4.39 Å². The molecule has 0 saturated heterocycles. The van der Waals surface area contributed by atoms with E-state index in [0.717, 1.165) is 24.3 Å². The Hall–Kier alpha value is -1.90. The summed E-state index contributed by atoms with van der Waals surface area (Å²) in [5, 5.41) is 8.52. The third-order valence-corrected chi connectivity index (χ3v) is 1.87. The maximum Gasteiger partial charge on any atom is 0.451 e. The molecule has 1 aromatic carbocycles. The molecule has 0 bridgehead atoms. The molecular formula is C10H5F4NO. The number of halogens is 4. The van der Waals surface area contributed by atoms with Crippen LogP contribution in [0.15, 0.2) is 24.3 Å². The molecule has 0 spiro atoms. The van der Waals surface area contributed by atoms with E-state index < -0.39 is 23.7 Å². The molecule has 0 N–H and O–H groups in total. The topological polar surface area (TPSA) is 40.9 Å². The summed E-state index contributed by atoms with van der Waals surface area (Å²) in [7, 11) is 0. The van der Waals surface area contributed by atoms with Gasteiger partial charge in [0.25, 0.3) is 5.78 Å². The largest absolute Gasteiger partial charge is 0.451 e. The van der Waals surface area contributed by atoms with Crippen molar-refractivity contribution in [3.63, 3.8) is 0 Å². The quantitative estimate of drug-likeness (QED) is 0.734. The number of benzene rings is 1. The number of ketones is 1. The SMILES string of the molecule is N#C[C@H](C(=O)C(F)(F)F)c1ccc(F)cc1. The van der Waals surface area contributed by atoms with Crippen LogP contribution in [-0.4, -0.2) is 12.0 Å². The van der Waals surface area contributed by atoms with Gasteiger partial charge in [-0.2, -0.15) is 18.4 Å². The van der Waals surface area contributed by atoms with Crippen LogP contribution >= 0.6 is 0 Å². The summed E-state index contributed by atoms with van der Waals surface area (Å²) in [6.07, 6.45) is -5.07. The number of Topliss-reactive ketones (excluding diaryl/α,β-unsaturated/α-hetero) is 1. The van der Waals surface area contributed by atoms with Crippen molar-refractivity contribution in [2.24, 2.45) is 0 Å². The van der Waals surface area contributed by atoms with Crippen LogP contribution in [0, 0.1) is 17.1 Å². The Labute approximate surface area is 88.1 Å². The van der Waals surface area contributed by atoms with Crippen molar-refractivity contribution in [2.45, 2.75) is 12.1 Å². The predicted octanol–water partition coefficient (Wildman–Crippen LogP) is 2.56. The van der Waals surface area contributed by atoms with Gasteiger partial charge in [0.2, 0.25) is 0 Å². The molecule has 2 nitrogen and oxygen atoms in total. The first-order valence-electron chi connectivity index (χ1n) is 4.12. The summed E-state index contributed by atoms with van der Waals surface area (Å²) in [5.74, 6) is -4.75. The average Bonchev–Trinajstić information content (AvgIpc) is 2.20. The van der Waals surface area contributed by atoms with Gasteiger partial charge in [0, 0.05) is 0 Å². The van der Waals surface area contributed by atoms with E-state index in [0.29, 0.717) is 0 Å². The van der Waals surface area contributed by atoms with Gasteiger partial charge in [0.1, 0.15) is 11.7 Å². The molecule has 1 rings (SSSR count). The van der Waals surface area contributed by atoms with Crippen molar-refractivity contribution in [1.29, 1.82) is 5.26 Å². The lowest BCUT2D eigenvalue weighted by molar-refractivity contribution is -0.171. The molecule has 0 heterocycles. The summed E-state index contributed by atoms with van der Waals surface area (Å²) in [4.78, 5) is 10.8. The number of rotatable bonds is 2. The van der Waals surface area contributed by atoms with Crippen molar-refractivity contribution >= 4 is 5.78 Å².